The van der Waals surface area contributed by atoms with Gasteiger partial charge in [-0.05, 0) is 23.8 Å². The molecule has 0 aromatic heterocycles. The summed E-state index contributed by atoms with van der Waals surface area (Å²) in [6, 6.07) is 9.56. The second kappa shape index (κ2) is 10.1. The second-order valence-electron chi connectivity index (χ2n) is 8.05. The molecule has 1 aliphatic heterocycles. The summed E-state index contributed by atoms with van der Waals surface area (Å²) in [7, 11) is -1.28. The lowest BCUT2D eigenvalue weighted by Crippen LogP contribution is -2.54. The molecule has 0 bridgehead atoms. The van der Waals surface area contributed by atoms with E-state index < -0.39 is 38.5 Å². The molecule has 1 aliphatic rings. The molecular weight excluding hydrogens is 468 g/mol. The van der Waals surface area contributed by atoms with Crippen LogP contribution >= 0.6 is 0 Å². The van der Waals surface area contributed by atoms with Crippen molar-refractivity contribution in [1.82, 2.24) is 9.21 Å². The molecule has 0 spiro atoms. The van der Waals surface area contributed by atoms with Gasteiger partial charge in [-0.3, -0.25) is 0 Å². The minimum absolute atomic E-state index is 0.00567. The first-order valence-electron chi connectivity index (χ1n) is 10.4. The molecule has 8 nitrogen and oxygen atoms in total. The van der Waals surface area contributed by atoms with Crippen molar-refractivity contribution >= 4 is 16.1 Å². The van der Waals surface area contributed by atoms with Crippen LogP contribution in [0.1, 0.15) is 11.1 Å². The molecule has 2 aromatic rings. The van der Waals surface area contributed by atoms with Crippen LogP contribution in [-0.2, 0) is 26.8 Å². The fourth-order valence-corrected chi connectivity index (χ4v) is 5.85. The van der Waals surface area contributed by atoms with E-state index in [1.54, 1.807) is 24.3 Å². The van der Waals surface area contributed by atoms with Crippen LogP contribution in [0.4, 0.5) is 13.6 Å². The van der Waals surface area contributed by atoms with Gasteiger partial charge in [-0.1, -0.05) is 30.9 Å². The molecule has 1 fully saturated rings. The van der Waals surface area contributed by atoms with Gasteiger partial charge >= 0.3 is 6.09 Å². The highest BCUT2D eigenvalue weighted by molar-refractivity contribution is 7.89. The van der Waals surface area contributed by atoms with E-state index in [0.29, 0.717) is 17.4 Å². The number of hydrogen-bond acceptors (Lipinski definition) is 6. The summed E-state index contributed by atoms with van der Waals surface area (Å²) in [6.45, 7) is 2.71. The molecule has 11 heteroatoms. The number of methoxy groups -OCH3 is 1. The average Bonchev–Trinajstić information content (AvgIpc) is 3.17. The van der Waals surface area contributed by atoms with Crippen LogP contribution in [0, 0.1) is 11.6 Å². The Bertz CT molecular complexity index is 1160. The van der Waals surface area contributed by atoms with Gasteiger partial charge in [-0.25, -0.2) is 26.3 Å². The summed E-state index contributed by atoms with van der Waals surface area (Å²) >= 11 is 0. The number of nitrogens with two attached hydrogens (primary N) is 1. The van der Waals surface area contributed by atoms with Crippen molar-refractivity contribution in [3.63, 3.8) is 0 Å². The van der Waals surface area contributed by atoms with Gasteiger partial charge in [-0.2, -0.15) is 0 Å². The van der Waals surface area contributed by atoms with Gasteiger partial charge in [0.25, 0.3) is 0 Å². The molecular formula is C23H27F2N3O5S. The smallest absolute Gasteiger partial charge is 0.410 e. The minimum Gasteiger partial charge on any atom is -0.497 e. The molecule has 0 aliphatic carbocycles. The van der Waals surface area contributed by atoms with Gasteiger partial charge in [-0.15, -0.1) is 0 Å². The second-order valence-corrected chi connectivity index (χ2v) is 10.3. The van der Waals surface area contributed by atoms with E-state index in [0.717, 1.165) is 21.3 Å². The lowest BCUT2D eigenvalue weighted by atomic mass is 9.89. The van der Waals surface area contributed by atoms with Gasteiger partial charge < -0.3 is 20.1 Å². The summed E-state index contributed by atoms with van der Waals surface area (Å²) in [4.78, 5) is 13.6. The first kappa shape index (κ1) is 25.6. The third kappa shape index (κ3) is 5.06. The maximum atomic E-state index is 14.8. The topological polar surface area (TPSA) is 102 Å². The predicted molar refractivity (Wildman–Crippen MR) is 123 cm³/mol. The molecule has 0 saturated carbocycles. The molecule has 0 unspecified atom stereocenters. The Morgan fingerprint density at radius 3 is 2.56 bits per heavy atom. The van der Waals surface area contributed by atoms with Crippen molar-refractivity contribution in [3.05, 3.63) is 77.9 Å². The van der Waals surface area contributed by atoms with E-state index in [1.807, 2.05) is 0 Å². The van der Waals surface area contributed by atoms with E-state index in [-0.39, 0.29) is 31.8 Å². The Balaban J connectivity index is 1.97. The maximum absolute atomic E-state index is 14.8. The number of nitrogens with zero attached hydrogens (tertiary/aromatic N) is 2. The molecule has 3 rings (SSSR count). The fourth-order valence-electron chi connectivity index (χ4n) is 3.99. The summed E-state index contributed by atoms with van der Waals surface area (Å²) in [5, 5.41) is -1.42. The van der Waals surface area contributed by atoms with Crippen LogP contribution in [-0.4, -0.2) is 62.8 Å². The number of hydrogen-bond donors (Lipinski definition) is 1. The highest BCUT2D eigenvalue weighted by atomic mass is 32.2. The predicted octanol–water partition coefficient (Wildman–Crippen LogP) is 2.60. The van der Waals surface area contributed by atoms with Gasteiger partial charge in [0.15, 0.2) is 0 Å². The van der Waals surface area contributed by atoms with Crippen LogP contribution < -0.4 is 10.5 Å². The van der Waals surface area contributed by atoms with E-state index in [9.17, 15) is 22.0 Å². The average molecular weight is 496 g/mol. The first-order chi connectivity index (χ1) is 16.0. The summed E-state index contributed by atoms with van der Waals surface area (Å²) < 4.78 is 66.8. The van der Waals surface area contributed by atoms with Crippen LogP contribution in [0.3, 0.4) is 0 Å². The van der Waals surface area contributed by atoms with Crippen molar-refractivity contribution in [2.75, 3.05) is 33.9 Å². The number of likely N-dealkylation sites (tertiary alicyclic amines) is 1. The first-order valence-corrected chi connectivity index (χ1v) is 11.9. The number of amides is 1. The van der Waals surface area contributed by atoms with Crippen LogP contribution in [0.15, 0.2) is 55.1 Å². The van der Waals surface area contributed by atoms with E-state index >= 15 is 0 Å². The number of benzene rings is 2. The lowest BCUT2D eigenvalue weighted by molar-refractivity contribution is 0.119. The van der Waals surface area contributed by atoms with E-state index in [4.69, 9.17) is 15.2 Å². The van der Waals surface area contributed by atoms with Gasteiger partial charge in [0.1, 0.15) is 29.2 Å². The normalized spacial score (nSPS) is 20.4. The molecule has 0 radical (unpaired) electrons. The molecule has 2 aromatic carbocycles. The third-order valence-corrected chi connectivity index (χ3v) is 8.07. The number of carbonyl (C=O) groups excluding carboxylic acids is 1. The van der Waals surface area contributed by atoms with Crippen LogP contribution in [0.2, 0.25) is 0 Å². The maximum Gasteiger partial charge on any atom is 0.410 e. The zero-order chi connectivity index (χ0) is 25.1. The quantitative estimate of drug-likeness (QED) is 0.565. The summed E-state index contributed by atoms with van der Waals surface area (Å²) in [5.74, 6) is -1.21. The lowest BCUT2D eigenvalue weighted by Gasteiger charge is -2.33. The molecule has 1 heterocycles. The van der Waals surface area contributed by atoms with Crippen molar-refractivity contribution < 1.29 is 31.5 Å². The number of ether oxygens (including phenoxy) is 2. The Morgan fingerprint density at radius 2 is 1.97 bits per heavy atom. The number of rotatable bonds is 8. The Morgan fingerprint density at radius 1 is 1.29 bits per heavy atom. The van der Waals surface area contributed by atoms with Gasteiger partial charge in [0.2, 0.25) is 10.0 Å². The molecule has 1 saturated heterocycles. The van der Waals surface area contributed by atoms with Crippen molar-refractivity contribution in [2.45, 2.75) is 17.3 Å². The van der Waals surface area contributed by atoms with Crippen LogP contribution in [0.25, 0.3) is 0 Å². The van der Waals surface area contributed by atoms with Crippen LogP contribution in [0.5, 0.6) is 5.75 Å². The zero-order valence-corrected chi connectivity index (χ0v) is 19.7. The largest absolute Gasteiger partial charge is 0.497 e. The van der Waals surface area contributed by atoms with E-state index in [2.05, 4.69) is 6.58 Å². The van der Waals surface area contributed by atoms with E-state index in [1.165, 1.54) is 20.2 Å². The number of sulfonamides is 1. The highest BCUT2D eigenvalue weighted by Crippen LogP contribution is 2.37. The summed E-state index contributed by atoms with van der Waals surface area (Å²) in [6.07, 6.45) is 0.549. The number of carbonyl (C=O) groups is 1. The molecule has 2 atom stereocenters. The zero-order valence-electron chi connectivity index (χ0n) is 18.9. The van der Waals surface area contributed by atoms with Crippen molar-refractivity contribution in [3.8, 4) is 5.75 Å². The van der Waals surface area contributed by atoms with Crippen molar-refractivity contribution in [2.24, 2.45) is 5.73 Å². The van der Waals surface area contributed by atoms with Gasteiger partial charge in [0.05, 0.1) is 12.6 Å². The Kier molecular flexibility index (Phi) is 7.59. The van der Waals surface area contributed by atoms with Gasteiger partial charge in [0, 0.05) is 38.3 Å². The standard InChI is InChI=1S/C23H27F2N3O5S/c1-4-11-33-22(29)28-14-21(23(26,15-28)19-10-7-17(24)12-20(19)25)34(30,31)27(2)13-16-5-8-18(32-3)9-6-16/h4-10,12,21H,1,11,13-15,26H2,2-3H3/t21-,23-/m0/s1. The fraction of sp³-hybridized carbons (Fsp3) is 0.348. The SMILES string of the molecule is C=CCOC(=O)N1C[C@H](S(=O)(=O)N(C)Cc2ccc(OC)cc2)[C@@](N)(c2ccc(F)cc2F)C1. The third-order valence-electron chi connectivity index (χ3n) is 5.79. The number of halogens is 2. The Labute approximate surface area is 197 Å². The highest BCUT2D eigenvalue weighted by Gasteiger charge is 2.55. The monoisotopic (exact) mass is 495 g/mol. The Hall–Kier alpha value is -3.02. The molecule has 1 amide bonds. The minimum atomic E-state index is -4.18. The van der Waals surface area contributed by atoms with Crippen molar-refractivity contribution in [1.29, 1.82) is 0 Å². The molecule has 34 heavy (non-hydrogen) atoms. The summed E-state index contributed by atoms with van der Waals surface area (Å²) in [5.41, 5.74) is 5.16. The molecule has 184 valence electrons. The molecule has 2 N–H and O–H groups in total.